The number of carbonyl (C=O) groups excluding carboxylic acids is 1. The Morgan fingerprint density at radius 1 is 0.828 bits per heavy atom. The Hall–Kier alpha value is -2.81. The summed E-state index contributed by atoms with van der Waals surface area (Å²) >= 11 is 0. The van der Waals surface area contributed by atoms with Crippen LogP contribution in [0.25, 0.3) is 0 Å². The SMILES string of the molecule is COCOc1ccc(CCC(=O)c2c(O)cc(OCOC)cc2OCOC)cc1. The summed E-state index contributed by atoms with van der Waals surface area (Å²) in [4.78, 5) is 12.8. The molecule has 8 heteroatoms. The highest BCUT2D eigenvalue weighted by molar-refractivity contribution is 6.01. The summed E-state index contributed by atoms with van der Waals surface area (Å²) in [5, 5.41) is 10.4. The average molecular weight is 406 g/mol. The van der Waals surface area contributed by atoms with E-state index in [1.54, 1.807) is 7.11 Å². The van der Waals surface area contributed by atoms with Crippen molar-refractivity contribution in [2.75, 3.05) is 41.7 Å². The molecule has 2 aromatic rings. The number of aryl methyl sites for hydroxylation is 1. The first kappa shape index (κ1) is 22.5. The Morgan fingerprint density at radius 2 is 1.41 bits per heavy atom. The Balaban J connectivity index is 2.09. The minimum Gasteiger partial charge on any atom is -0.507 e. The Morgan fingerprint density at radius 3 is 2.03 bits per heavy atom. The molecule has 0 aromatic heterocycles. The van der Waals surface area contributed by atoms with Crippen LogP contribution in [-0.2, 0) is 20.6 Å². The van der Waals surface area contributed by atoms with E-state index in [0.29, 0.717) is 17.9 Å². The third kappa shape index (κ3) is 6.94. The van der Waals surface area contributed by atoms with Crippen molar-refractivity contribution in [1.29, 1.82) is 0 Å². The van der Waals surface area contributed by atoms with Gasteiger partial charge in [0.15, 0.2) is 26.2 Å². The Kier molecular flexibility index (Phi) is 9.23. The Bertz CT molecular complexity index is 773. The predicted molar refractivity (Wildman–Crippen MR) is 105 cm³/mol. The van der Waals surface area contributed by atoms with Gasteiger partial charge in [-0.3, -0.25) is 4.79 Å². The van der Waals surface area contributed by atoms with Gasteiger partial charge in [0.1, 0.15) is 28.6 Å². The number of benzene rings is 2. The maximum Gasteiger partial charge on any atom is 0.188 e. The molecule has 0 bridgehead atoms. The molecule has 29 heavy (non-hydrogen) atoms. The van der Waals surface area contributed by atoms with Gasteiger partial charge in [-0.05, 0) is 24.1 Å². The van der Waals surface area contributed by atoms with Crippen molar-refractivity contribution in [1.82, 2.24) is 0 Å². The van der Waals surface area contributed by atoms with E-state index in [0.717, 1.165) is 5.56 Å². The van der Waals surface area contributed by atoms with Crippen LogP contribution in [0, 0.1) is 0 Å². The van der Waals surface area contributed by atoms with Gasteiger partial charge < -0.3 is 33.5 Å². The van der Waals surface area contributed by atoms with Gasteiger partial charge in [0.05, 0.1) is 0 Å². The number of phenolic OH excluding ortho intramolecular Hbond substituents is 1. The summed E-state index contributed by atoms with van der Waals surface area (Å²) in [5.41, 5.74) is 1.05. The topological polar surface area (TPSA) is 92.7 Å². The van der Waals surface area contributed by atoms with Crippen LogP contribution < -0.4 is 14.2 Å². The van der Waals surface area contributed by atoms with Gasteiger partial charge in [-0.15, -0.1) is 0 Å². The van der Waals surface area contributed by atoms with Gasteiger partial charge in [-0.1, -0.05) is 12.1 Å². The predicted octanol–water partition coefficient (Wildman–Crippen LogP) is 3.16. The van der Waals surface area contributed by atoms with Gasteiger partial charge in [0.25, 0.3) is 0 Å². The second-order valence-corrected chi connectivity index (χ2v) is 6.04. The molecule has 2 aromatic carbocycles. The molecule has 0 aliphatic rings. The van der Waals surface area contributed by atoms with Crippen molar-refractivity contribution in [3.05, 3.63) is 47.5 Å². The van der Waals surface area contributed by atoms with E-state index in [2.05, 4.69) is 0 Å². The van der Waals surface area contributed by atoms with Crippen molar-refractivity contribution in [3.8, 4) is 23.0 Å². The number of phenols is 1. The molecule has 0 saturated heterocycles. The summed E-state index contributed by atoms with van der Waals surface area (Å²) in [7, 11) is 4.50. The Labute approximate surface area is 169 Å². The zero-order valence-electron chi connectivity index (χ0n) is 16.8. The van der Waals surface area contributed by atoms with E-state index in [1.165, 1.54) is 26.4 Å². The lowest BCUT2D eigenvalue weighted by atomic mass is 10.0. The fourth-order valence-corrected chi connectivity index (χ4v) is 2.57. The number of aromatic hydroxyl groups is 1. The number of ether oxygens (including phenoxy) is 6. The summed E-state index contributed by atoms with van der Waals surface area (Å²) in [6.07, 6.45) is 0.682. The standard InChI is InChI=1S/C21H26O8/c1-24-12-27-16-7-4-15(5-8-16)6-9-18(22)21-19(23)10-17(28-13-25-2)11-20(21)29-14-26-3/h4-5,7-8,10-11,23H,6,9,12-14H2,1-3H3. The minimum absolute atomic E-state index is 0.000537. The van der Waals surface area contributed by atoms with Crippen LogP contribution in [0.5, 0.6) is 23.0 Å². The normalized spacial score (nSPS) is 10.6. The molecule has 0 atom stereocenters. The molecule has 0 amide bonds. The highest BCUT2D eigenvalue weighted by Gasteiger charge is 2.20. The fourth-order valence-electron chi connectivity index (χ4n) is 2.57. The lowest BCUT2D eigenvalue weighted by Crippen LogP contribution is -2.09. The zero-order chi connectivity index (χ0) is 21.1. The molecule has 0 radical (unpaired) electrons. The second kappa shape index (κ2) is 11.9. The molecule has 0 saturated carbocycles. The maximum absolute atomic E-state index is 12.8. The molecule has 8 nitrogen and oxygen atoms in total. The average Bonchev–Trinajstić information content (AvgIpc) is 2.73. The molecule has 0 aliphatic heterocycles. The number of methoxy groups -OCH3 is 3. The van der Waals surface area contributed by atoms with Crippen molar-refractivity contribution in [2.45, 2.75) is 12.8 Å². The van der Waals surface area contributed by atoms with Crippen LogP contribution in [0.4, 0.5) is 0 Å². The van der Waals surface area contributed by atoms with E-state index in [9.17, 15) is 9.90 Å². The number of rotatable bonds is 13. The van der Waals surface area contributed by atoms with Crippen LogP contribution in [0.3, 0.4) is 0 Å². The smallest absolute Gasteiger partial charge is 0.188 e. The first-order valence-corrected chi connectivity index (χ1v) is 8.93. The molecule has 0 fully saturated rings. The van der Waals surface area contributed by atoms with E-state index in [4.69, 9.17) is 28.4 Å². The summed E-state index contributed by atoms with van der Waals surface area (Å²) in [5.74, 6) is 0.705. The van der Waals surface area contributed by atoms with Gasteiger partial charge in [0, 0.05) is 39.9 Å². The van der Waals surface area contributed by atoms with E-state index < -0.39 is 0 Å². The van der Waals surface area contributed by atoms with Crippen LogP contribution in [0.15, 0.2) is 36.4 Å². The molecule has 0 unspecified atom stereocenters. The molecule has 158 valence electrons. The van der Waals surface area contributed by atoms with Crippen molar-refractivity contribution in [3.63, 3.8) is 0 Å². The largest absolute Gasteiger partial charge is 0.507 e. The fraction of sp³-hybridized carbons (Fsp3) is 0.381. The van der Waals surface area contributed by atoms with Crippen molar-refractivity contribution < 1.29 is 38.3 Å². The summed E-state index contributed by atoms with van der Waals surface area (Å²) in [6, 6.07) is 10.3. The molecular formula is C21H26O8. The lowest BCUT2D eigenvalue weighted by molar-refractivity contribution is 0.0452. The number of carbonyl (C=O) groups is 1. The highest BCUT2D eigenvalue weighted by atomic mass is 16.7. The van der Waals surface area contributed by atoms with Crippen LogP contribution in [-0.4, -0.2) is 52.6 Å². The van der Waals surface area contributed by atoms with Crippen molar-refractivity contribution >= 4 is 5.78 Å². The van der Waals surface area contributed by atoms with Crippen LogP contribution >= 0.6 is 0 Å². The molecular weight excluding hydrogens is 380 g/mol. The third-order valence-corrected chi connectivity index (χ3v) is 3.92. The van der Waals surface area contributed by atoms with Gasteiger partial charge in [-0.2, -0.15) is 0 Å². The van der Waals surface area contributed by atoms with E-state index >= 15 is 0 Å². The monoisotopic (exact) mass is 406 g/mol. The molecule has 1 N–H and O–H groups in total. The number of hydrogen-bond acceptors (Lipinski definition) is 8. The summed E-state index contributed by atoms with van der Waals surface area (Å²) < 4.78 is 30.7. The number of Topliss-reactive ketones (excluding diaryl/α,β-unsaturated/α-hetero) is 1. The van der Waals surface area contributed by atoms with Gasteiger partial charge >= 0.3 is 0 Å². The maximum atomic E-state index is 12.8. The van der Waals surface area contributed by atoms with Crippen LogP contribution in [0.2, 0.25) is 0 Å². The molecule has 0 spiro atoms. The van der Waals surface area contributed by atoms with Gasteiger partial charge in [-0.25, -0.2) is 0 Å². The third-order valence-electron chi connectivity index (χ3n) is 3.92. The number of hydrogen-bond donors (Lipinski definition) is 1. The quantitative estimate of drug-likeness (QED) is 0.401. The number of ketones is 1. The second-order valence-electron chi connectivity index (χ2n) is 6.04. The molecule has 0 heterocycles. The lowest BCUT2D eigenvalue weighted by Gasteiger charge is -2.14. The minimum atomic E-state index is -0.258. The highest BCUT2D eigenvalue weighted by Crippen LogP contribution is 2.35. The van der Waals surface area contributed by atoms with Crippen molar-refractivity contribution in [2.24, 2.45) is 0 Å². The molecule has 2 rings (SSSR count). The zero-order valence-corrected chi connectivity index (χ0v) is 16.8. The van der Waals surface area contributed by atoms with E-state index in [1.807, 2.05) is 24.3 Å². The van der Waals surface area contributed by atoms with Gasteiger partial charge in [0.2, 0.25) is 0 Å². The first-order valence-electron chi connectivity index (χ1n) is 8.93. The van der Waals surface area contributed by atoms with Crippen LogP contribution in [0.1, 0.15) is 22.3 Å². The van der Waals surface area contributed by atoms with E-state index in [-0.39, 0.29) is 49.6 Å². The first-order chi connectivity index (χ1) is 14.1. The summed E-state index contributed by atoms with van der Waals surface area (Å²) in [6.45, 7) is 0.0996. The molecule has 0 aliphatic carbocycles.